The molecule has 1 aliphatic heterocycles. The normalized spacial score (nSPS) is 18.5. The summed E-state index contributed by atoms with van der Waals surface area (Å²) in [6.07, 6.45) is 4.48. The van der Waals surface area contributed by atoms with E-state index in [1.807, 2.05) is 6.07 Å². The van der Waals surface area contributed by atoms with Gasteiger partial charge in [-0.25, -0.2) is 18.4 Å². The van der Waals surface area contributed by atoms with E-state index in [0.29, 0.717) is 18.9 Å². The number of benzene rings is 1. The van der Waals surface area contributed by atoms with Crippen LogP contribution in [-0.4, -0.2) is 41.8 Å². The first-order chi connectivity index (χ1) is 12.0. The summed E-state index contributed by atoms with van der Waals surface area (Å²) in [5.41, 5.74) is 0.244. The standard InChI is InChI=1S/C16H16BrN5O2S/c17-12-3-5-15(6-4-12)25(23,24)22-7-1-2-13(11-22)21-16-10-19-14(8-18)9-20-16/h3-6,9-10,13H,1-2,7,11H2,(H,20,21). The quantitative estimate of drug-likeness (QED) is 0.813. The number of nitriles is 1. The Balaban J connectivity index is 1.71. The number of sulfonamides is 1. The van der Waals surface area contributed by atoms with Crippen LogP contribution in [0.25, 0.3) is 0 Å². The molecule has 25 heavy (non-hydrogen) atoms. The molecule has 9 heteroatoms. The van der Waals surface area contributed by atoms with Crippen molar-refractivity contribution in [3.63, 3.8) is 0 Å². The molecule has 1 unspecified atom stereocenters. The summed E-state index contributed by atoms with van der Waals surface area (Å²) in [6, 6.07) is 8.50. The first-order valence-electron chi connectivity index (χ1n) is 7.73. The van der Waals surface area contributed by atoms with E-state index >= 15 is 0 Å². The van der Waals surface area contributed by atoms with Crippen LogP contribution in [0.1, 0.15) is 18.5 Å². The maximum Gasteiger partial charge on any atom is 0.243 e. The first kappa shape index (κ1) is 17.8. The Morgan fingerprint density at radius 3 is 2.64 bits per heavy atom. The van der Waals surface area contributed by atoms with E-state index in [0.717, 1.165) is 17.3 Å². The molecular weight excluding hydrogens is 406 g/mol. The van der Waals surface area contributed by atoms with Crippen molar-refractivity contribution < 1.29 is 8.42 Å². The lowest BCUT2D eigenvalue weighted by Gasteiger charge is -2.32. The second kappa shape index (κ2) is 7.47. The van der Waals surface area contributed by atoms with E-state index in [1.54, 1.807) is 24.3 Å². The van der Waals surface area contributed by atoms with E-state index < -0.39 is 10.0 Å². The minimum atomic E-state index is -3.52. The lowest BCUT2D eigenvalue weighted by atomic mass is 10.1. The van der Waals surface area contributed by atoms with Crippen molar-refractivity contribution in [3.05, 3.63) is 46.8 Å². The summed E-state index contributed by atoms with van der Waals surface area (Å²) < 4.78 is 27.9. The van der Waals surface area contributed by atoms with Crippen molar-refractivity contribution >= 4 is 31.8 Å². The summed E-state index contributed by atoms with van der Waals surface area (Å²) in [6.45, 7) is 0.857. The largest absolute Gasteiger partial charge is 0.365 e. The van der Waals surface area contributed by atoms with Gasteiger partial charge in [0.1, 0.15) is 11.9 Å². The molecule has 1 saturated heterocycles. The molecule has 1 aromatic heterocycles. The van der Waals surface area contributed by atoms with E-state index in [-0.39, 0.29) is 16.6 Å². The fourth-order valence-corrected chi connectivity index (χ4v) is 4.49. The van der Waals surface area contributed by atoms with E-state index in [1.165, 1.54) is 16.7 Å². The molecule has 3 rings (SSSR count). The predicted octanol–water partition coefficient (Wildman–Crippen LogP) is 2.38. The molecule has 0 radical (unpaired) electrons. The minimum absolute atomic E-state index is 0.0544. The number of piperidine rings is 1. The molecule has 1 N–H and O–H groups in total. The number of rotatable bonds is 4. The Bertz CT molecular complexity index is 878. The third-order valence-corrected chi connectivity index (χ3v) is 6.36. The zero-order chi connectivity index (χ0) is 17.9. The van der Waals surface area contributed by atoms with Gasteiger partial charge in [0.2, 0.25) is 10.0 Å². The number of nitrogens with one attached hydrogen (secondary N) is 1. The second-order valence-corrected chi connectivity index (χ2v) is 8.55. The van der Waals surface area contributed by atoms with Gasteiger partial charge in [0.25, 0.3) is 0 Å². The van der Waals surface area contributed by atoms with Crippen LogP contribution in [0.3, 0.4) is 0 Å². The molecule has 2 heterocycles. The summed E-state index contributed by atoms with van der Waals surface area (Å²) in [4.78, 5) is 8.38. The topological polar surface area (TPSA) is 99.0 Å². The lowest BCUT2D eigenvalue weighted by molar-refractivity contribution is 0.326. The van der Waals surface area contributed by atoms with Gasteiger partial charge in [0.15, 0.2) is 5.69 Å². The van der Waals surface area contributed by atoms with Gasteiger partial charge in [0, 0.05) is 23.6 Å². The Kier molecular flexibility index (Phi) is 5.32. The average Bonchev–Trinajstić information content (AvgIpc) is 2.63. The second-order valence-electron chi connectivity index (χ2n) is 5.70. The maximum absolute atomic E-state index is 12.8. The van der Waals surface area contributed by atoms with Gasteiger partial charge in [-0.3, -0.25) is 0 Å². The summed E-state index contributed by atoms with van der Waals surface area (Å²) >= 11 is 3.31. The fraction of sp³-hybridized carbons (Fsp3) is 0.312. The van der Waals surface area contributed by atoms with Crippen LogP contribution in [0, 0.1) is 11.3 Å². The highest BCUT2D eigenvalue weighted by Crippen LogP contribution is 2.23. The van der Waals surface area contributed by atoms with E-state index in [4.69, 9.17) is 5.26 Å². The first-order valence-corrected chi connectivity index (χ1v) is 9.97. The van der Waals surface area contributed by atoms with Crippen LogP contribution in [-0.2, 0) is 10.0 Å². The third-order valence-electron chi connectivity index (χ3n) is 3.95. The van der Waals surface area contributed by atoms with Gasteiger partial charge in [-0.05, 0) is 37.1 Å². The molecule has 1 aliphatic rings. The van der Waals surface area contributed by atoms with Crippen molar-refractivity contribution in [2.75, 3.05) is 18.4 Å². The maximum atomic E-state index is 12.8. The molecule has 1 fully saturated rings. The number of halogens is 1. The molecule has 130 valence electrons. The molecule has 2 aromatic rings. The van der Waals surface area contributed by atoms with Crippen LogP contribution < -0.4 is 5.32 Å². The van der Waals surface area contributed by atoms with Gasteiger partial charge in [0.05, 0.1) is 17.3 Å². The number of nitrogens with zero attached hydrogens (tertiary/aromatic N) is 4. The zero-order valence-corrected chi connectivity index (χ0v) is 15.7. The highest BCUT2D eigenvalue weighted by molar-refractivity contribution is 9.10. The Morgan fingerprint density at radius 2 is 2.00 bits per heavy atom. The molecule has 0 amide bonds. The van der Waals surface area contributed by atoms with Gasteiger partial charge >= 0.3 is 0 Å². The summed E-state index contributed by atoms with van der Waals surface area (Å²) in [7, 11) is -3.52. The van der Waals surface area contributed by atoms with Gasteiger partial charge < -0.3 is 5.32 Å². The van der Waals surface area contributed by atoms with E-state index in [9.17, 15) is 8.42 Å². The van der Waals surface area contributed by atoms with Crippen LogP contribution in [0.4, 0.5) is 5.82 Å². The van der Waals surface area contributed by atoms with Gasteiger partial charge in [-0.15, -0.1) is 0 Å². The zero-order valence-electron chi connectivity index (χ0n) is 13.3. The summed E-state index contributed by atoms with van der Waals surface area (Å²) in [5, 5.41) is 11.9. The van der Waals surface area contributed by atoms with Crippen LogP contribution in [0.15, 0.2) is 46.0 Å². The third kappa shape index (κ3) is 4.15. The predicted molar refractivity (Wildman–Crippen MR) is 96.3 cm³/mol. The van der Waals surface area contributed by atoms with Crippen LogP contribution in [0.5, 0.6) is 0 Å². The van der Waals surface area contributed by atoms with Crippen molar-refractivity contribution in [1.29, 1.82) is 5.26 Å². The molecular formula is C16H16BrN5O2S. The Morgan fingerprint density at radius 1 is 1.24 bits per heavy atom. The lowest BCUT2D eigenvalue weighted by Crippen LogP contribution is -2.45. The molecule has 7 nitrogen and oxygen atoms in total. The number of hydrogen-bond donors (Lipinski definition) is 1. The van der Waals surface area contributed by atoms with Crippen LogP contribution in [0.2, 0.25) is 0 Å². The number of aromatic nitrogens is 2. The Hall–Kier alpha value is -2.02. The number of hydrogen-bond acceptors (Lipinski definition) is 6. The van der Waals surface area contributed by atoms with Crippen molar-refractivity contribution in [2.24, 2.45) is 0 Å². The molecule has 0 bridgehead atoms. The average molecular weight is 422 g/mol. The molecule has 1 aromatic carbocycles. The molecule has 1 atom stereocenters. The Labute approximate surface area is 154 Å². The molecule has 0 spiro atoms. The van der Waals surface area contributed by atoms with Crippen molar-refractivity contribution in [1.82, 2.24) is 14.3 Å². The van der Waals surface area contributed by atoms with Crippen molar-refractivity contribution in [3.8, 4) is 6.07 Å². The fourth-order valence-electron chi connectivity index (χ4n) is 2.70. The monoisotopic (exact) mass is 421 g/mol. The van der Waals surface area contributed by atoms with Crippen molar-refractivity contribution in [2.45, 2.75) is 23.8 Å². The number of anilines is 1. The van der Waals surface area contributed by atoms with Gasteiger partial charge in [-0.1, -0.05) is 15.9 Å². The SMILES string of the molecule is N#Cc1cnc(NC2CCCN(S(=O)(=O)c3ccc(Br)cc3)C2)cn1. The molecule has 0 saturated carbocycles. The smallest absolute Gasteiger partial charge is 0.243 e. The van der Waals surface area contributed by atoms with Gasteiger partial charge in [-0.2, -0.15) is 9.57 Å². The summed E-state index contributed by atoms with van der Waals surface area (Å²) in [5.74, 6) is 0.534. The minimum Gasteiger partial charge on any atom is -0.365 e. The highest BCUT2D eigenvalue weighted by Gasteiger charge is 2.30. The van der Waals surface area contributed by atoms with E-state index in [2.05, 4.69) is 31.2 Å². The highest BCUT2D eigenvalue weighted by atomic mass is 79.9. The van der Waals surface area contributed by atoms with Crippen LogP contribution >= 0.6 is 15.9 Å². The molecule has 0 aliphatic carbocycles.